The molecule has 18 heavy (non-hydrogen) atoms. The van der Waals surface area contributed by atoms with Gasteiger partial charge in [-0.15, -0.1) is 0 Å². The average Bonchev–Trinajstić information content (AvgIpc) is 2.79. The van der Waals surface area contributed by atoms with Crippen molar-refractivity contribution in [2.24, 2.45) is 5.92 Å². The van der Waals surface area contributed by atoms with Crippen molar-refractivity contribution in [3.8, 4) is 0 Å². The molecule has 1 fully saturated rings. The number of nitrogen functional groups attached to an aromatic ring is 1. The molecule has 2 rings (SSSR count). The van der Waals surface area contributed by atoms with Crippen LogP contribution >= 0.6 is 0 Å². The minimum Gasteiger partial charge on any atom is -0.396 e. The molecule has 1 aliphatic rings. The van der Waals surface area contributed by atoms with E-state index in [2.05, 4.69) is 4.98 Å². The number of rotatable bonds is 4. The van der Waals surface area contributed by atoms with Gasteiger partial charge < -0.3 is 10.8 Å². The molecular weight excluding hydrogens is 254 g/mol. The lowest BCUT2D eigenvalue weighted by Gasteiger charge is -2.16. The molecule has 0 bridgehead atoms. The Morgan fingerprint density at radius 2 is 2.33 bits per heavy atom. The van der Waals surface area contributed by atoms with Gasteiger partial charge in [0.05, 0.1) is 5.69 Å². The van der Waals surface area contributed by atoms with E-state index in [4.69, 9.17) is 10.8 Å². The number of aliphatic hydroxyl groups excluding tert-OH is 1. The summed E-state index contributed by atoms with van der Waals surface area (Å²) in [6.07, 6.45) is 2.82. The second kappa shape index (κ2) is 5.21. The summed E-state index contributed by atoms with van der Waals surface area (Å²) in [5, 5.41) is 8.80. The van der Waals surface area contributed by atoms with Crippen LogP contribution in [0.1, 0.15) is 12.8 Å². The molecule has 7 heteroatoms. The van der Waals surface area contributed by atoms with Crippen LogP contribution in [0.2, 0.25) is 0 Å². The Bertz CT molecular complexity index is 518. The van der Waals surface area contributed by atoms with Crippen molar-refractivity contribution in [1.29, 1.82) is 0 Å². The largest absolute Gasteiger partial charge is 0.396 e. The van der Waals surface area contributed by atoms with Crippen LogP contribution in [-0.2, 0) is 10.0 Å². The van der Waals surface area contributed by atoms with Crippen LogP contribution in [0.5, 0.6) is 0 Å². The highest BCUT2D eigenvalue weighted by Crippen LogP contribution is 2.27. The van der Waals surface area contributed by atoms with Gasteiger partial charge in [-0.25, -0.2) is 13.4 Å². The normalized spacial score (nSPS) is 21.3. The smallest absolute Gasteiger partial charge is 0.262 e. The molecule has 1 aromatic heterocycles. The second-order valence-electron chi connectivity index (χ2n) is 4.43. The molecule has 0 aromatic carbocycles. The molecule has 0 saturated carbocycles. The van der Waals surface area contributed by atoms with E-state index in [1.54, 1.807) is 6.07 Å². The first-order chi connectivity index (χ1) is 8.55. The summed E-state index contributed by atoms with van der Waals surface area (Å²) in [5.74, 6) is 0.217. The predicted molar refractivity (Wildman–Crippen MR) is 67.2 cm³/mol. The van der Waals surface area contributed by atoms with Crippen molar-refractivity contribution in [1.82, 2.24) is 9.29 Å². The van der Waals surface area contributed by atoms with Crippen molar-refractivity contribution in [3.63, 3.8) is 0 Å². The zero-order valence-corrected chi connectivity index (χ0v) is 10.8. The third-order valence-electron chi connectivity index (χ3n) is 3.17. The van der Waals surface area contributed by atoms with Crippen molar-refractivity contribution in [3.05, 3.63) is 18.3 Å². The number of pyridine rings is 1. The summed E-state index contributed by atoms with van der Waals surface area (Å²) in [6, 6.07) is 3.13. The van der Waals surface area contributed by atoms with Gasteiger partial charge in [-0.1, -0.05) is 0 Å². The number of aliphatic hydroxyl groups is 1. The quantitative estimate of drug-likeness (QED) is 0.807. The van der Waals surface area contributed by atoms with E-state index in [1.165, 1.54) is 16.6 Å². The van der Waals surface area contributed by atoms with E-state index < -0.39 is 10.0 Å². The molecule has 3 N–H and O–H groups in total. The lowest BCUT2D eigenvalue weighted by atomic mass is 10.1. The van der Waals surface area contributed by atoms with Crippen LogP contribution in [-0.4, -0.2) is 42.5 Å². The van der Waals surface area contributed by atoms with Gasteiger partial charge >= 0.3 is 0 Å². The maximum absolute atomic E-state index is 12.3. The Labute approximate surface area is 106 Å². The van der Waals surface area contributed by atoms with Gasteiger partial charge in [0.15, 0.2) is 5.03 Å². The van der Waals surface area contributed by atoms with E-state index in [0.717, 1.165) is 6.42 Å². The summed E-state index contributed by atoms with van der Waals surface area (Å²) in [6.45, 7) is 0.978. The molecule has 100 valence electrons. The highest BCUT2D eigenvalue weighted by atomic mass is 32.2. The number of nitrogens with zero attached hydrogens (tertiary/aromatic N) is 2. The second-order valence-corrected chi connectivity index (χ2v) is 6.28. The van der Waals surface area contributed by atoms with Crippen LogP contribution in [0.3, 0.4) is 0 Å². The number of nitrogens with two attached hydrogens (primary N) is 1. The molecule has 0 radical (unpaired) electrons. The summed E-state index contributed by atoms with van der Waals surface area (Å²) < 4.78 is 26.0. The molecule has 0 amide bonds. The van der Waals surface area contributed by atoms with E-state index in [1.807, 2.05) is 0 Å². The fraction of sp³-hybridized carbons (Fsp3) is 0.545. The molecule has 0 spiro atoms. The Balaban J connectivity index is 2.21. The zero-order valence-electron chi connectivity index (χ0n) is 9.99. The van der Waals surface area contributed by atoms with Gasteiger partial charge in [-0.05, 0) is 30.9 Å². The van der Waals surface area contributed by atoms with Crippen LogP contribution in [0.4, 0.5) is 5.69 Å². The zero-order chi connectivity index (χ0) is 13.2. The van der Waals surface area contributed by atoms with Gasteiger partial charge in [-0.3, -0.25) is 0 Å². The SMILES string of the molecule is Nc1cccnc1S(=O)(=O)N1CCC(CCO)C1. The monoisotopic (exact) mass is 271 g/mol. The first-order valence-corrected chi connectivity index (χ1v) is 7.31. The van der Waals surface area contributed by atoms with E-state index in [-0.39, 0.29) is 23.2 Å². The van der Waals surface area contributed by atoms with Crippen molar-refractivity contribution in [2.75, 3.05) is 25.4 Å². The molecule has 6 nitrogen and oxygen atoms in total. The first-order valence-electron chi connectivity index (χ1n) is 5.87. The van der Waals surface area contributed by atoms with Gasteiger partial charge in [-0.2, -0.15) is 4.31 Å². The molecular formula is C11H17N3O3S. The highest BCUT2D eigenvalue weighted by molar-refractivity contribution is 7.89. The highest BCUT2D eigenvalue weighted by Gasteiger charge is 2.34. The topological polar surface area (TPSA) is 96.5 Å². The third kappa shape index (κ3) is 2.47. The predicted octanol–water partition coefficient (Wildman–Crippen LogP) is 0.0568. The number of hydrogen-bond acceptors (Lipinski definition) is 5. The van der Waals surface area contributed by atoms with E-state index in [9.17, 15) is 8.42 Å². The van der Waals surface area contributed by atoms with Crippen LogP contribution in [0.15, 0.2) is 23.4 Å². The maximum Gasteiger partial charge on any atom is 0.262 e. The Morgan fingerprint density at radius 3 is 3.00 bits per heavy atom. The van der Waals surface area contributed by atoms with Crippen LogP contribution in [0, 0.1) is 5.92 Å². The number of aromatic nitrogens is 1. The van der Waals surface area contributed by atoms with Crippen molar-refractivity contribution < 1.29 is 13.5 Å². The average molecular weight is 271 g/mol. The molecule has 2 heterocycles. The molecule has 1 unspecified atom stereocenters. The molecule has 1 saturated heterocycles. The number of sulfonamides is 1. The summed E-state index contributed by atoms with van der Waals surface area (Å²) >= 11 is 0. The fourth-order valence-corrected chi connectivity index (χ4v) is 3.73. The molecule has 1 aromatic rings. The standard InChI is InChI=1S/C11H17N3O3S/c12-10-2-1-5-13-11(10)18(16,17)14-6-3-9(8-14)4-7-15/h1-2,5,9,15H,3-4,6-8,12H2. The van der Waals surface area contributed by atoms with Crippen molar-refractivity contribution >= 4 is 15.7 Å². The van der Waals surface area contributed by atoms with Gasteiger partial charge in [0, 0.05) is 25.9 Å². The minimum absolute atomic E-state index is 0.0744. The summed E-state index contributed by atoms with van der Waals surface area (Å²) in [7, 11) is -3.61. The Kier molecular flexibility index (Phi) is 3.84. The number of hydrogen-bond donors (Lipinski definition) is 2. The molecule has 1 atom stereocenters. The summed E-state index contributed by atoms with van der Waals surface area (Å²) in [5.41, 5.74) is 5.83. The Hall–Kier alpha value is -1.18. The molecule has 1 aliphatic heterocycles. The van der Waals surface area contributed by atoms with Gasteiger partial charge in [0.2, 0.25) is 0 Å². The summed E-state index contributed by atoms with van der Waals surface area (Å²) in [4.78, 5) is 3.86. The van der Waals surface area contributed by atoms with Gasteiger partial charge in [0.1, 0.15) is 0 Å². The van der Waals surface area contributed by atoms with Crippen LogP contribution < -0.4 is 5.73 Å². The number of anilines is 1. The first kappa shape index (κ1) is 13.3. The Morgan fingerprint density at radius 1 is 1.56 bits per heavy atom. The maximum atomic E-state index is 12.3. The van der Waals surface area contributed by atoms with E-state index >= 15 is 0 Å². The lowest BCUT2D eigenvalue weighted by Crippen LogP contribution is -2.30. The van der Waals surface area contributed by atoms with Crippen LogP contribution in [0.25, 0.3) is 0 Å². The lowest BCUT2D eigenvalue weighted by molar-refractivity contribution is 0.259. The van der Waals surface area contributed by atoms with Gasteiger partial charge in [0.25, 0.3) is 10.0 Å². The molecule has 0 aliphatic carbocycles. The van der Waals surface area contributed by atoms with Crippen molar-refractivity contribution in [2.45, 2.75) is 17.9 Å². The third-order valence-corrected chi connectivity index (χ3v) is 5.01. The van der Waals surface area contributed by atoms with E-state index in [0.29, 0.717) is 19.5 Å². The minimum atomic E-state index is -3.61. The fourth-order valence-electron chi connectivity index (χ4n) is 2.17.